The predicted molar refractivity (Wildman–Crippen MR) is 179 cm³/mol. The lowest BCUT2D eigenvalue weighted by Crippen LogP contribution is -2.56. The van der Waals surface area contributed by atoms with Crippen LogP contribution in [0.25, 0.3) is 10.9 Å². The third-order valence-corrected chi connectivity index (χ3v) is 8.14. The number of carbonyl (C=O) groups excluding carboxylic acids is 3. The van der Waals surface area contributed by atoms with Crippen LogP contribution in [0.2, 0.25) is 0 Å². The summed E-state index contributed by atoms with van der Waals surface area (Å²) >= 11 is 4.13. The van der Waals surface area contributed by atoms with E-state index in [9.17, 15) is 14.4 Å². The van der Waals surface area contributed by atoms with Crippen molar-refractivity contribution >= 4 is 46.9 Å². The van der Waals surface area contributed by atoms with Gasteiger partial charge in [0.25, 0.3) is 0 Å². The molecule has 238 valence electrons. The number of amides is 3. The number of benzene rings is 2. The Morgan fingerprint density at radius 1 is 0.864 bits per heavy atom. The standard InChI is InChI=1S/C32H46N8O3S/c1-40(18-15-33,19-16-34)17-7-12-28(38-30(41)26(35)22-44)32(43)39-29(14-13-23-8-3-2-4-9-23)31(42)37-25-20-24-10-5-6-11-27(24)36-21-25/h2-6,8-11,20-21,26,28-29H,7,12-19,22,33-35H2,1H3,(H3-,37,38,39,41,42,43,44)/p+1/t26-,28?,29+/m0/s1. The lowest BCUT2D eigenvalue weighted by Gasteiger charge is -2.34. The highest BCUT2D eigenvalue weighted by atomic mass is 32.1. The summed E-state index contributed by atoms with van der Waals surface area (Å²) < 4.78 is 0.660. The van der Waals surface area contributed by atoms with Crippen LogP contribution in [0.4, 0.5) is 5.69 Å². The molecule has 3 atom stereocenters. The van der Waals surface area contributed by atoms with Gasteiger partial charge in [-0.2, -0.15) is 12.6 Å². The first-order chi connectivity index (χ1) is 21.2. The largest absolute Gasteiger partial charge is 0.343 e. The minimum atomic E-state index is -0.896. The number of aromatic nitrogens is 1. The zero-order valence-electron chi connectivity index (χ0n) is 25.5. The molecule has 1 heterocycles. The van der Waals surface area contributed by atoms with E-state index in [1.54, 1.807) is 6.20 Å². The van der Waals surface area contributed by atoms with Crippen molar-refractivity contribution in [3.8, 4) is 0 Å². The first-order valence-electron chi connectivity index (χ1n) is 15.1. The number of thiol groups is 1. The fourth-order valence-electron chi connectivity index (χ4n) is 5.13. The van der Waals surface area contributed by atoms with Gasteiger partial charge in [-0.1, -0.05) is 48.5 Å². The third kappa shape index (κ3) is 10.9. The molecule has 2 aromatic carbocycles. The maximum Gasteiger partial charge on any atom is 0.247 e. The highest BCUT2D eigenvalue weighted by Gasteiger charge is 2.29. The van der Waals surface area contributed by atoms with Crippen LogP contribution >= 0.6 is 12.6 Å². The maximum absolute atomic E-state index is 13.7. The van der Waals surface area contributed by atoms with Crippen LogP contribution < -0.4 is 33.2 Å². The normalized spacial score (nSPS) is 13.6. The fourth-order valence-corrected chi connectivity index (χ4v) is 5.30. The fraction of sp³-hybridized carbons (Fsp3) is 0.438. The van der Waals surface area contributed by atoms with Crippen LogP contribution in [0.1, 0.15) is 24.8 Å². The number of fused-ring (bicyclic) bond motifs is 1. The highest BCUT2D eigenvalue weighted by molar-refractivity contribution is 7.80. The molecule has 3 rings (SSSR count). The second-order valence-corrected chi connectivity index (χ2v) is 11.7. The van der Waals surface area contributed by atoms with E-state index in [1.165, 1.54) is 0 Å². The molecule has 9 N–H and O–H groups in total. The van der Waals surface area contributed by atoms with Crippen LogP contribution in [0.15, 0.2) is 66.9 Å². The number of likely N-dealkylation sites (N-methyl/N-ethyl adjacent to an activating group) is 1. The minimum Gasteiger partial charge on any atom is -0.343 e. The van der Waals surface area contributed by atoms with Gasteiger partial charge in [-0.3, -0.25) is 19.4 Å². The lowest BCUT2D eigenvalue weighted by molar-refractivity contribution is -0.907. The van der Waals surface area contributed by atoms with E-state index in [0.717, 1.165) is 36.1 Å². The van der Waals surface area contributed by atoms with Gasteiger partial charge in [-0.15, -0.1) is 0 Å². The lowest BCUT2D eigenvalue weighted by atomic mass is 10.0. The number of carbonyl (C=O) groups is 3. The van der Waals surface area contributed by atoms with E-state index >= 15 is 0 Å². The first-order valence-corrected chi connectivity index (χ1v) is 15.7. The van der Waals surface area contributed by atoms with E-state index in [4.69, 9.17) is 17.2 Å². The van der Waals surface area contributed by atoms with Gasteiger partial charge in [0.2, 0.25) is 17.7 Å². The van der Waals surface area contributed by atoms with Crippen molar-refractivity contribution in [1.82, 2.24) is 15.6 Å². The Kier molecular flexibility index (Phi) is 14.0. The molecule has 11 nitrogen and oxygen atoms in total. The molecule has 0 aliphatic carbocycles. The Balaban J connectivity index is 1.78. The maximum atomic E-state index is 13.7. The smallest absolute Gasteiger partial charge is 0.247 e. The molecule has 3 amide bonds. The number of rotatable bonds is 18. The molecule has 0 saturated carbocycles. The van der Waals surface area contributed by atoms with Gasteiger partial charge in [-0.25, -0.2) is 0 Å². The number of nitrogens with zero attached hydrogens (tertiary/aromatic N) is 2. The number of quaternary nitrogens is 1. The summed E-state index contributed by atoms with van der Waals surface area (Å²) in [4.78, 5) is 44.5. The van der Waals surface area contributed by atoms with Gasteiger partial charge in [0, 0.05) is 24.2 Å². The molecule has 0 bridgehead atoms. The van der Waals surface area contributed by atoms with Crippen LogP contribution in [0, 0.1) is 0 Å². The predicted octanol–water partition coefficient (Wildman–Crippen LogP) is 1.18. The Hall–Kier alpha value is -3.55. The number of pyridine rings is 1. The summed E-state index contributed by atoms with van der Waals surface area (Å²) in [5.74, 6) is -1.18. The van der Waals surface area contributed by atoms with Gasteiger partial charge in [-0.05, 0) is 43.4 Å². The van der Waals surface area contributed by atoms with E-state index in [1.807, 2.05) is 60.7 Å². The van der Waals surface area contributed by atoms with Crippen molar-refractivity contribution in [2.75, 3.05) is 50.8 Å². The number of aryl methyl sites for hydroxylation is 1. The third-order valence-electron chi connectivity index (χ3n) is 7.75. The molecule has 0 aliphatic rings. The molecule has 44 heavy (non-hydrogen) atoms. The van der Waals surface area contributed by atoms with E-state index in [-0.39, 0.29) is 11.7 Å². The molecule has 1 aromatic heterocycles. The summed E-state index contributed by atoms with van der Waals surface area (Å²) in [6.45, 7) is 3.24. The second kappa shape index (κ2) is 17.7. The highest BCUT2D eigenvalue weighted by Crippen LogP contribution is 2.17. The Morgan fingerprint density at radius 3 is 2.18 bits per heavy atom. The molecule has 1 unspecified atom stereocenters. The summed E-state index contributed by atoms with van der Waals surface area (Å²) in [6.07, 6.45) is 3.47. The molecular weight excluding hydrogens is 576 g/mol. The summed E-state index contributed by atoms with van der Waals surface area (Å²) in [6, 6.07) is 16.6. The summed E-state index contributed by atoms with van der Waals surface area (Å²) in [7, 11) is 2.08. The zero-order valence-corrected chi connectivity index (χ0v) is 26.3. The van der Waals surface area contributed by atoms with Crippen LogP contribution in [-0.4, -0.2) is 90.8 Å². The number of nitrogens with two attached hydrogens (primary N) is 3. The Bertz CT molecular complexity index is 1350. The number of nitrogens with one attached hydrogen (secondary N) is 3. The van der Waals surface area contributed by atoms with Gasteiger partial charge in [0.15, 0.2) is 0 Å². The van der Waals surface area contributed by atoms with Gasteiger partial charge in [0.1, 0.15) is 12.1 Å². The monoisotopic (exact) mass is 623 g/mol. The Morgan fingerprint density at radius 2 is 1.50 bits per heavy atom. The van der Waals surface area contributed by atoms with Gasteiger partial charge < -0.3 is 37.6 Å². The van der Waals surface area contributed by atoms with E-state index < -0.39 is 29.9 Å². The van der Waals surface area contributed by atoms with Crippen molar-refractivity contribution in [1.29, 1.82) is 0 Å². The molecule has 0 fully saturated rings. The quantitative estimate of drug-likeness (QED) is 0.0821. The number of hydrogen-bond acceptors (Lipinski definition) is 8. The van der Waals surface area contributed by atoms with Crippen LogP contribution in [0.3, 0.4) is 0 Å². The average Bonchev–Trinajstić information content (AvgIpc) is 3.02. The summed E-state index contributed by atoms with van der Waals surface area (Å²) in [5, 5.41) is 9.49. The number of anilines is 1. The topological polar surface area (TPSA) is 178 Å². The van der Waals surface area contributed by atoms with Crippen LogP contribution in [0.5, 0.6) is 0 Å². The SMILES string of the molecule is C[N+](CCN)(CCN)CCCC(NC(=O)[C@@H](N)CS)C(=O)N[C@H](CCc1ccccc1)C(=O)Nc1cnc2ccccc2c1. The number of para-hydroxylation sites is 1. The van der Waals surface area contributed by atoms with Crippen molar-refractivity contribution in [3.63, 3.8) is 0 Å². The van der Waals surface area contributed by atoms with Crippen molar-refractivity contribution in [2.45, 2.75) is 43.8 Å². The molecule has 12 heteroatoms. The second-order valence-electron chi connectivity index (χ2n) is 11.4. The zero-order chi connectivity index (χ0) is 32.0. The van der Waals surface area contributed by atoms with E-state index in [2.05, 4.69) is 40.6 Å². The summed E-state index contributed by atoms with van der Waals surface area (Å²) in [5.41, 5.74) is 19.9. The Labute approximate surface area is 265 Å². The van der Waals surface area contributed by atoms with Crippen molar-refractivity contribution in [2.24, 2.45) is 17.2 Å². The molecule has 0 aliphatic heterocycles. The number of hydrogen-bond donors (Lipinski definition) is 7. The molecular formula is C32H47N8O3S+. The van der Waals surface area contributed by atoms with Crippen molar-refractivity contribution in [3.05, 3.63) is 72.4 Å². The molecule has 0 saturated heterocycles. The van der Waals surface area contributed by atoms with Crippen LogP contribution in [-0.2, 0) is 20.8 Å². The van der Waals surface area contributed by atoms with Gasteiger partial charge >= 0.3 is 0 Å². The van der Waals surface area contributed by atoms with E-state index in [0.29, 0.717) is 48.9 Å². The average molecular weight is 624 g/mol. The molecule has 0 radical (unpaired) electrons. The first kappa shape index (κ1) is 34.9. The van der Waals surface area contributed by atoms with Gasteiger partial charge in [0.05, 0.1) is 50.1 Å². The molecule has 3 aromatic rings. The minimum absolute atomic E-state index is 0.129. The molecule has 0 spiro atoms. The van der Waals surface area contributed by atoms with Crippen molar-refractivity contribution < 1.29 is 18.9 Å².